The lowest BCUT2D eigenvalue weighted by molar-refractivity contribution is 0.0724. The van der Waals surface area contributed by atoms with E-state index in [1.54, 1.807) is 0 Å². The normalized spacial score (nSPS) is 47.5. The van der Waals surface area contributed by atoms with E-state index in [1.165, 1.54) is 19.3 Å². The number of aliphatic hydroxyl groups excluding tert-OH is 1. The van der Waals surface area contributed by atoms with Crippen LogP contribution in [0, 0.1) is 29.6 Å². The number of fused-ring (bicyclic) bond motifs is 1. The van der Waals surface area contributed by atoms with Crippen molar-refractivity contribution in [3.63, 3.8) is 0 Å². The maximum atomic E-state index is 9.43. The fourth-order valence-electron chi connectivity index (χ4n) is 3.35. The van der Waals surface area contributed by atoms with E-state index >= 15 is 0 Å². The van der Waals surface area contributed by atoms with Crippen LogP contribution < -0.4 is 0 Å². The average molecular weight is 194 g/mol. The van der Waals surface area contributed by atoms with Crippen LogP contribution in [0.15, 0.2) is 12.2 Å². The molecular formula is C13H22O. The van der Waals surface area contributed by atoms with Crippen molar-refractivity contribution in [3.05, 3.63) is 12.2 Å². The van der Waals surface area contributed by atoms with Crippen molar-refractivity contribution in [3.8, 4) is 0 Å². The van der Waals surface area contributed by atoms with E-state index in [2.05, 4.69) is 26.0 Å². The first kappa shape index (κ1) is 10.2. The minimum atomic E-state index is 0.376. The van der Waals surface area contributed by atoms with Gasteiger partial charge in [-0.15, -0.1) is 0 Å². The van der Waals surface area contributed by atoms with E-state index in [9.17, 15) is 5.11 Å². The van der Waals surface area contributed by atoms with E-state index in [0.717, 1.165) is 17.8 Å². The monoisotopic (exact) mass is 194 g/mol. The highest BCUT2D eigenvalue weighted by Crippen LogP contribution is 2.44. The molecule has 2 rings (SSSR count). The van der Waals surface area contributed by atoms with Crippen LogP contribution in [0.2, 0.25) is 0 Å². The Balaban J connectivity index is 2.12. The molecule has 0 aliphatic heterocycles. The summed E-state index contributed by atoms with van der Waals surface area (Å²) in [6.07, 6.45) is 8.76. The summed E-state index contributed by atoms with van der Waals surface area (Å²) in [6, 6.07) is 0. The van der Waals surface area contributed by atoms with Crippen LogP contribution in [0.5, 0.6) is 0 Å². The van der Waals surface area contributed by atoms with Crippen LogP contribution in [0.3, 0.4) is 0 Å². The van der Waals surface area contributed by atoms with Gasteiger partial charge in [0.25, 0.3) is 0 Å². The third kappa shape index (κ3) is 1.75. The Hall–Kier alpha value is -0.300. The molecule has 0 saturated heterocycles. The molecule has 14 heavy (non-hydrogen) atoms. The zero-order chi connectivity index (χ0) is 10.1. The zero-order valence-electron chi connectivity index (χ0n) is 9.32. The molecule has 1 saturated carbocycles. The molecule has 0 aromatic rings. The van der Waals surface area contributed by atoms with Crippen molar-refractivity contribution in [2.45, 2.75) is 33.1 Å². The minimum absolute atomic E-state index is 0.376. The molecule has 2 aliphatic carbocycles. The molecule has 1 nitrogen and oxygen atoms in total. The quantitative estimate of drug-likeness (QED) is 0.636. The van der Waals surface area contributed by atoms with Crippen LogP contribution in [-0.4, -0.2) is 11.7 Å². The molecule has 0 spiro atoms. The highest BCUT2D eigenvalue weighted by Gasteiger charge is 2.36. The van der Waals surface area contributed by atoms with Gasteiger partial charge in [-0.05, 0) is 42.4 Å². The first-order valence-electron chi connectivity index (χ1n) is 6.01. The molecule has 0 unspecified atom stereocenters. The molecule has 1 N–H and O–H groups in total. The predicted molar refractivity (Wildman–Crippen MR) is 58.9 cm³/mol. The average Bonchev–Trinajstić information content (AvgIpc) is 2.18. The molecule has 0 amide bonds. The van der Waals surface area contributed by atoms with E-state index in [-0.39, 0.29) is 0 Å². The smallest absolute Gasteiger partial charge is 0.0467 e. The van der Waals surface area contributed by atoms with Gasteiger partial charge < -0.3 is 5.11 Å². The van der Waals surface area contributed by atoms with Crippen LogP contribution in [0.1, 0.15) is 33.1 Å². The van der Waals surface area contributed by atoms with Crippen molar-refractivity contribution in [1.82, 2.24) is 0 Å². The molecular weight excluding hydrogens is 172 g/mol. The summed E-state index contributed by atoms with van der Waals surface area (Å²) < 4.78 is 0. The number of aliphatic hydroxyl groups is 1. The fraction of sp³-hybridized carbons (Fsp3) is 0.846. The van der Waals surface area contributed by atoms with Gasteiger partial charge in [-0.25, -0.2) is 0 Å². The van der Waals surface area contributed by atoms with Gasteiger partial charge in [0.2, 0.25) is 0 Å². The molecule has 0 radical (unpaired) electrons. The molecule has 0 aromatic heterocycles. The van der Waals surface area contributed by atoms with Gasteiger partial charge in [0.1, 0.15) is 0 Å². The topological polar surface area (TPSA) is 20.2 Å². The van der Waals surface area contributed by atoms with E-state index in [0.29, 0.717) is 18.4 Å². The second-order valence-corrected chi connectivity index (χ2v) is 5.34. The van der Waals surface area contributed by atoms with Gasteiger partial charge in [-0.3, -0.25) is 0 Å². The molecule has 1 fully saturated rings. The van der Waals surface area contributed by atoms with Crippen molar-refractivity contribution >= 4 is 0 Å². The van der Waals surface area contributed by atoms with Crippen LogP contribution in [-0.2, 0) is 0 Å². The van der Waals surface area contributed by atoms with E-state index < -0.39 is 0 Å². The Morgan fingerprint density at radius 3 is 2.71 bits per heavy atom. The largest absolute Gasteiger partial charge is 0.396 e. The van der Waals surface area contributed by atoms with Crippen LogP contribution in [0.4, 0.5) is 0 Å². The zero-order valence-corrected chi connectivity index (χ0v) is 9.32. The summed E-state index contributed by atoms with van der Waals surface area (Å²) in [4.78, 5) is 0. The molecule has 5 atom stereocenters. The van der Waals surface area contributed by atoms with E-state index in [1.807, 2.05) is 0 Å². The Labute approximate surface area is 87.2 Å². The molecule has 0 bridgehead atoms. The first-order valence-corrected chi connectivity index (χ1v) is 6.01. The Kier molecular flexibility index (Phi) is 2.96. The summed E-state index contributed by atoms with van der Waals surface area (Å²) in [5.74, 6) is 3.50. The standard InChI is InChI=1S/C13H22O/c1-9-3-6-12-11(7-9)5-4-10(2)13(12)8-14/h4-5,9-14H,3,6-8H2,1-2H3/t9-,10-,11-,12-,13-/m1/s1. The summed E-state index contributed by atoms with van der Waals surface area (Å²) in [5.41, 5.74) is 0. The lowest BCUT2D eigenvalue weighted by Gasteiger charge is -2.42. The van der Waals surface area contributed by atoms with Crippen molar-refractivity contribution in [2.75, 3.05) is 6.61 Å². The number of rotatable bonds is 1. The minimum Gasteiger partial charge on any atom is -0.396 e. The van der Waals surface area contributed by atoms with Crippen molar-refractivity contribution in [2.24, 2.45) is 29.6 Å². The van der Waals surface area contributed by atoms with Gasteiger partial charge in [-0.2, -0.15) is 0 Å². The molecule has 1 heteroatoms. The Morgan fingerprint density at radius 2 is 2.00 bits per heavy atom. The van der Waals surface area contributed by atoms with Gasteiger partial charge >= 0.3 is 0 Å². The third-order valence-electron chi connectivity index (χ3n) is 4.32. The molecule has 0 aromatic carbocycles. The maximum Gasteiger partial charge on any atom is 0.0467 e. The second-order valence-electron chi connectivity index (χ2n) is 5.34. The molecule has 80 valence electrons. The maximum absolute atomic E-state index is 9.43. The van der Waals surface area contributed by atoms with Gasteiger partial charge in [0.05, 0.1) is 0 Å². The molecule has 0 heterocycles. The third-order valence-corrected chi connectivity index (χ3v) is 4.32. The van der Waals surface area contributed by atoms with Gasteiger partial charge in [-0.1, -0.05) is 32.4 Å². The van der Waals surface area contributed by atoms with Crippen molar-refractivity contribution < 1.29 is 5.11 Å². The Morgan fingerprint density at radius 1 is 1.21 bits per heavy atom. The fourth-order valence-corrected chi connectivity index (χ4v) is 3.35. The Bertz CT molecular complexity index is 221. The van der Waals surface area contributed by atoms with Gasteiger partial charge in [0.15, 0.2) is 0 Å². The lowest BCUT2D eigenvalue weighted by atomic mass is 9.63. The van der Waals surface area contributed by atoms with E-state index in [4.69, 9.17) is 0 Å². The number of allylic oxidation sites excluding steroid dienone is 2. The predicted octanol–water partition coefficient (Wildman–Crippen LogP) is 2.85. The van der Waals surface area contributed by atoms with Crippen LogP contribution >= 0.6 is 0 Å². The summed E-state index contributed by atoms with van der Waals surface area (Å²) in [7, 11) is 0. The summed E-state index contributed by atoms with van der Waals surface area (Å²) in [6.45, 7) is 4.97. The highest BCUT2D eigenvalue weighted by atomic mass is 16.3. The number of hydrogen-bond acceptors (Lipinski definition) is 1. The van der Waals surface area contributed by atoms with Gasteiger partial charge in [0, 0.05) is 6.61 Å². The molecule has 2 aliphatic rings. The number of hydrogen-bond donors (Lipinski definition) is 1. The second kappa shape index (κ2) is 4.06. The van der Waals surface area contributed by atoms with Crippen molar-refractivity contribution in [1.29, 1.82) is 0 Å². The highest BCUT2D eigenvalue weighted by molar-refractivity contribution is 5.05. The SMILES string of the molecule is C[C@@H]1CC[C@H]2[C@H](CO)[C@H](C)C=C[C@@H]2C1. The first-order chi connectivity index (χ1) is 6.72. The summed E-state index contributed by atoms with van der Waals surface area (Å²) >= 11 is 0. The lowest BCUT2D eigenvalue weighted by Crippen LogP contribution is -2.36. The summed E-state index contributed by atoms with van der Waals surface area (Å²) in [5, 5.41) is 9.43. The van der Waals surface area contributed by atoms with Crippen LogP contribution in [0.25, 0.3) is 0 Å².